The highest BCUT2D eigenvalue weighted by Crippen LogP contribution is 2.35. The number of aromatic carboxylic acids is 1. The normalized spacial score (nSPS) is 15.5. The van der Waals surface area contributed by atoms with E-state index in [9.17, 15) is 14.0 Å². The van der Waals surface area contributed by atoms with Crippen LogP contribution in [0.1, 0.15) is 32.7 Å². The molecule has 5 nitrogen and oxygen atoms in total. The lowest BCUT2D eigenvalue weighted by Gasteiger charge is -2.17. The smallest absolute Gasteiger partial charge is 0.335 e. The fourth-order valence-corrected chi connectivity index (χ4v) is 3.76. The summed E-state index contributed by atoms with van der Waals surface area (Å²) in [7, 11) is 0. The first-order valence-corrected chi connectivity index (χ1v) is 9.20. The average Bonchev–Trinajstić information content (AvgIpc) is 3.10. The van der Waals surface area contributed by atoms with Crippen LogP contribution in [0.5, 0.6) is 0 Å². The zero-order valence-electron chi connectivity index (χ0n) is 14.6. The van der Waals surface area contributed by atoms with Gasteiger partial charge in [0, 0.05) is 23.1 Å². The number of ketones is 1. The third-order valence-electron chi connectivity index (χ3n) is 4.54. The molecular formula is C21H11Cl2FN2O3. The molecule has 1 aliphatic carbocycles. The van der Waals surface area contributed by atoms with Gasteiger partial charge < -0.3 is 5.11 Å². The molecule has 0 spiro atoms. The highest BCUT2D eigenvalue weighted by molar-refractivity contribution is 6.43. The third-order valence-corrected chi connectivity index (χ3v) is 5.17. The van der Waals surface area contributed by atoms with Crippen LogP contribution in [-0.4, -0.2) is 28.3 Å². The van der Waals surface area contributed by atoms with E-state index in [2.05, 4.69) is 10.2 Å². The van der Waals surface area contributed by atoms with Gasteiger partial charge >= 0.3 is 5.97 Å². The monoisotopic (exact) mass is 428 g/mol. The topological polar surface area (TPSA) is 79.1 Å². The number of nitrogens with zero attached hydrogens (tertiary/aromatic N) is 2. The summed E-state index contributed by atoms with van der Waals surface area (Å²) in [6.45, 7) is 0. The van der Waals surface area contributed by atoms with E-state index in [1.165, 1.54) is 24.3 Å². The van der Waals surface area contributed by atoms with Crippen molar-refractivity contribution in [2.75, 3.05) is 0 Å². The highest BCUT2D eigenvalue weighted by Gasteiger charge is 2.33. The van der Waals surface area contributed by atoms with Crippen LogP contribution in [0.4, 0.5) is 4.39 Å². The van der Waals surface area contributed by atoms with Crippen molar-refractivity contribution in [3.63, 3.8) is 0 Å². The SMILES string of the molecule is O=C(O)c1ccc(C2=NN=C3CC(F)=CC(C(=O)c4c(Cl)cccc4Cl)=C32)cc1. The van der Waals surface area contributed by atoms with Gasteiger partial charge in [-0.15, -0.1) is 5.10 Å². The van der Waals surface area contributed by atoms with Crippen molar-refractivity contribution < 1.29 is 19.1 Å². The molecule has 2 aromatic carbocycles. The van der Waals surface area contributed by atoms with Crippen LogP contribution < -0.4 is 0 Å². The number of carbonyl (C=O) groups is 2. The first-order valence-electron chi connectivity index (χ1n) is 8.45. The lowest BCUT2D eigenvalue weighted by atomic mass is 9.85. The van der Waals surface area contributed by atoms with E-state index in [0.717, 1.165) is 6.08 Å². The van der Waals surface area contributed by atoms with Crippen molar-refractivity contribution in [3.8, 4) is 0 Å². The average molecular weight is 429 g/mol. The van der Waals surface area contributed by atoms with E-state index in [0.29, 0.717) is 22.6 Å². The second-order valence-electron chi connectivity index (χ2n) is 6.36. The largest absolute Gasteiger partial charge is 0.478 e. The predicted molar refractivity (Wildman–Crippen MR) is 109 cm³/mol. The van der Waals surface area contributed by atoms with E-state index >= 15 is 0 Å². The van der Waals surface area contributed by atoms with Crippen LogP contribution >= 0.6 is 23.2 Å². The van der Waals surface area contributed by atoms with Gasteiger partial charge in [-0.1, -0.05) is 41.4 Å². The number of carbonyl (C=O) groups excluding carboxylic acids is 1. The van der Waals surface area contributed by atoms with Crippen LogP contribution in [0, 0.1) is 0 Å². The number of fused-ring (bicyclic) bond motifs is 1. The first kappa shape index (κ1) is 19.2. The Morgan fingerprint density at radius 1 is 1.00 bits per heavy atom. The molecule has 2 aromatic rings. The molecule has 1 N–H and O–H groups in total. The summed E-state index contributed by atoms with van der Waals surface area (Å²) in [5.41, 5.74) is 1.82. The Morgan fingerprint density at radius 3 is 2.28 bits per heavy atom. The van der Waals surface area contributed by atoms with Gasteiger partial charge in [-0.2, -0.15) is 5.10 Å². The Bertz CT molecular complexity index is 1170. The molecule has 0 unspecified atom stereocenters. The molecule has 0 amide bonds. The number of Topliss-reactive ketones (excluding diaryl/α,β-unsaturated/α-hetero) is 1. The second-order valence-corrected chi connectivity index (χ2v) is 7.17. The van der Waals surface area contributed by atoms with Crippen molar-refractivity contribution in [1.82, 2.24) is 0 Å². The van der Waals surface area contributed by atoms with Gasteiger partial charge in [0.15, 0.2) is 5.78 Å². The zero-order valence-corrected chi connectivity index (χ0v) is 16.1. The molecule has 0 bridgehead atoms. The molecule has 2 aliphatic rings. The van der Waals surface area contributed by atoms with Crippen molar-refractivity contribution in [2.24, 2.45) is 10.2 Å². The maximum Gasteiger partial charge on any atom is 0.335 e. The summed E-state index contributed by atoms with van der Waals surface area (Å²) >= 11 is 12.3. The van der Waals surface area contributed by atoms with E-state index in [1.807, 2.05) is 0 Å². The van der Waals surface area contributed by atoms with Gasteiger partial charge in [0.2, 0.25) is 0 Å². The summed E-state index contributed by atoms with van der Waals surface area (Å²) in [5.74, 6) is -2.14. The van der Waals surface area contributed by atoms with Gasteiger partial charge in [0.05, 0.1) is 26.9 Å². The number of halogens is 3. The molecular weight excluding hydrogens is 418 g/mol. The van der Waals surface area contributed by atoms with E-state index in [-0.39, 0.29) is 33.2 Å². The van der Waals surface area contributed by atoms with Gasteiger partial charge in [0.1, 0.15) is 11.5 Å². The maximum absolute atomic E-state index is 14.2. The molecule has 1 heterocycles. The van der Waals surface area contributed by atoms with E-state index in [1.54, 1.807) is 18.2 Å². The predicted octanol–water partition coefficient (Wildman–Crippen LogP) is 5.29. The highest BCUT2D eigenvalue weighted by atomic mass is 35.5. The lowest BCUT2D eigenvalue weighted by Crippen LogP contribution is -2.20. The summed E-state index contributed by atoms with van der Waals surface area (Å²) < 4.78 is 14.2. The minimum Gasteiger partial charge on any atom is -0.478 e. The molecule has 0 aromatic heterocycles. The molecule has 0 saturated carbocycles. The fraction of sp³-hybridized carbons (Fsp3) is 0.0476. The number of allylic oxidation sites excluding steroid dienone is 4. The Hall–Kier alpha value is -3.09. The molecule has 0 saturated heterocycles. The Morgan fingerprint density at radius 2 is 1.66 bits per heavy atom. The van der Waals surface area contributed by atoms with Crippen LogP contribution in [0.25, 0.3) is 0 Å². The molecule has 8 heteroatoms. The van der Waals surface area contributed by atoms with E-state index < -0.39 is 17.6 Å². The zero-order chi connectivity index (χ0) is 20.7. The Kier molecular flexibility index (Phi) is 4.90. The van der Waals surface area contributed by atoms with Gasteiger partial charge in [-0.3, -0.25) is 4.79 Å². The van der Waals surface area contributed by atoms with Gasteiger partial charge in [0.25, 0.3) is 0 Å². The maximum atomic E-state index is 14.2. The minimum absolute atomic E-state index is 0.0426. The second kappa shape index (κ2) is 7.39. The fourth-order valence-electron chi connectivity index (χ4n) is 3.19. The van der Waals surface area contributed by atoms with Crippen molar-refractivity contribution in [2.45, 2.75) is 6.42 Å². The van der Waals surface area contributed by atoms with Crippen LogP contribution in [0.2, 0.25) is 10.0 Å². The summed E-state index contributed by atoms with van der Waals surface area (Å²) in [6, 6.07) is 10.6. The van der Waals surface area contributed by atoms with Crippen molar-refractivity contribution in [1.29, 1.82) is 0 Å². The molecule has 29 heavy (non-hydrogen) atoms. The number of hydrogen-bond donors (Lipinski definition) is 1. The summed E-state index contributed by atoms with van der Waals surface area (Å²) in [4.78, 5) is 24.3. The standard InChI is InChI=1S/C21H11Cl2FN2O3/c22-14-2-1-3-15(23)18(14)20(27)13-8-12(24)9-16-17(13)19(26-25-16)10-4-6-11(7-5-10)21(28)29/h1-8H,9H2,(H,28,29). The summed E-state index contributed by atoms with van der Waals surface area (Å²) in [6.07, 6.45) is 1.05. The Labute approximate surface area is 174 Å². The number of carboxylic acid groups (broad SMARTS) is 1. The lowest BCUT2D eigenvalue weighted by molar-refractivity contribution is 0.0696. The van der Waals surface area contributed by atoms with Crippen molar-refractivity contribution >= 4 is 46.4 Å². The number of rotatable bonds is 4. The van der Waals surface area contributed by atoms with E-state index in [4.69, 9.17) is 28.3 Å². The van der Waals surface area contributed by atoms with Crippen LogP contribution in [0.3, 0.4) is 0 Å². The molecule has 4 rings (SSSR count). The van der Waals surface area contributed by atoms with Crippen LogP contribution in [-0.2, 0) is 0 Å². The van der Waals surface area contributed by atoms with Crippen molar-refractivity contribution in [3.05, 3.63) is 92.2 Å². The number of hydrogen-bond acceptors (Lipinski definition) is 4. The molecule has 0 fully saturated rings. The number of carboxylic acids is 1. The minimum atomic E-state index is -1.06. The summed E-state index contributed by atoms with van der Waals surface area (Å²) in [5, 5.41) is 17.5. The molecule has 144 valence electrons. The molecule has 0 atom stereocenters. The van der Waals surface area contributed by atoms with Crippen LogP contribution in [0.15, 0.2) is 75.7 Å². The van der Waals surface area contributed by atoms with Gasteiger partial charge in [-0.25, -0.2) is 9.18 Å². The third kappa shape index (κ3) is 3.41. The molecule has 0 radical (unpaired) electrons. The number of benzene rings is 2. The first-order chi connectivity index (χ1) is 13.9. The Balaban J connectivity index is 1.85. The quantitative estimate of drug-likeness (QED) is 0.672. The molecule has 1 aliphatic heterocycles. The van der Waals surface area contributed by atoms with Gasteiger partial charge in [-0.05, 0) is 30.3 Å².